The van der Waals surface area contributed by atoms with Crippen molar-refractivity contribution >= 4 is 40.6 Å². The van der Waals surface area contributed by atoms with Crippen molar-refractivity contribution in [1.29, 1.82) is 0 Å². The Hall–Kier alpha value is -3.87. The largest absolute Gasteiger partial charge is 0.493 e. The number of para-hydroxylation sites is 2. The number of methoxy groups -OCH3 is 1. The van der Waals surface area contributed by atoms with Crippen molar-refractivity contribution in [3.63, 3.8) is 0 Å². The number of nitrogens with one attached hydrogen (secondary N) is 2. The number of amides is 2. The number of thioether (sulfide) groups is 1. The summed E-state index contributed by atoms with van der Waals surface area (Å²) < 4.78 is 72.8. The molecule has 0 unspecified atom stereocenters. The molecule has 2 amide bonds. The summed E-state index contributed by atoms with van der Waals surface area (Å²) in [5.41, 5.74) is 6.44. The third kappa shape index (κ3) is 5.63. The van der Waals surface area contributed by atoms with Crippen LogP contribution in [0.5, 0.6) is 5.75 Å². The number of hydrogen-bond acceptors (Lipinski definition) is 6. The molecule has 1 saturated heterocycles. The van der Waals surface area contributed by atoms with E-state index in [1.807, 2.05) is 0 Å². The number of aromatic nitrogens is 1. The molecule has 2 heterocycles. The van der Waals surface area contributed by atoms with E-state index in [9.17, 15) is 31.5 Å². The van der Waals surface area contributed by atoms with Crippen LogP contribution in [-0.4, -0.2) is 40.1 Å². The molecule has 3 atom stereocenters. The minimum Gasteiger partial charge on any atom is -0.493 e. The number of benzene rings is 2. The van der Waals surface area contributed by atoms with E-state index < -0.39 is 57.7 Å². The van der Waals surface area contributed by atoms with Gasteiger partial charge in [0.25, 0.3) is 5.91 Å². The Balaban J connectivity index is 1.62. The van der Waals surface area contributed by atoms with Crippen molar-refractivity contribution in [3.05, 3.63) is 77.6 Å². The van der Waals surface area contributed by atoms with Gasteiger partial charge < -0.3 is 21.1 Å². The van der Waals surface area contributed by atoms with Crippen LogP contribution in [0, 0.1) is 11.6 Å². The molecule has 0 saturated carbocycles. The van der Waals surface area contributed by atoms with Gasteiger partial charge in [-0.3, -0.25) is 14.6 Å². The monoisotopic (exact) mass is 566 g/mol. The lowest BCUT2D eigenvalue weighted by atomic mass is 9.85. The Morgan fingerprint density at radius 1 is 1.13 bits per heavy atom. The summed E-state index contributed by atoms with van der Waals surface area (Å²) in [6.07, 6.45) is -4.03. The van der Waals surface area contributed by atoms with E-state index in [0.29, 0.717) is 23.1 Å². The van der Waals surface area contributed by atoms with Gasteiger partial charge in [-0.05, 0) is 43.7 Å². The van der Waals surface area contributed by atoms with Crippen LogP contribution < -0.4 is 21.1 Å². The highest BCUT2D eigenvalue weighted by atomic mass is 32.2. The standard InChI is InChI=1S/C26H23F5N4O3S/c1-25(26(29,30)31)12-15(14-7-8-16(27)20(28)21(14)38-2)22(39-25)24(37)34-13-9-10-33-19(11-13)23(36)35-18-6-4-3-5-17(18)32/h3-11,15,22H,12,32H2,1-2H3,(H,35,36)(H,33,34,37)/t15-,22+,25+/m0/s1. The topological polar surface area (TPSA) is 106 Å². The van der Waals surface area contributed by atoms with Crippen LogP contribution in [0.3, 0.4) is 0 Å². The van der Waals surface area contributed by atoms with E-state index >= 15 is 0 Å². The number of nitrogens with zero attached hydrogens (tertiary/aromatic N) is 1. The van der Waals surface area contributed by atoms with Crippen LogP contribution in [-0.2, 0) is 4.79 Å². The number of anilines is 3. The van der Waals surface area contributed by atoms with E-state index in [-0.39, 0.29) is 16.9 Å². The second-order valence-corrected chi connectivity index (χ2v) is 10.7. The number of nitrogens with two attached hydrogens (primary N) is 1. The smallest absolute Gasteiger partial charge is 0.403 e. The predicted molar refractivity (Wildman–Crippen MR) is 138 cm³/mol. The van der Waals surface area contributed by atoms with Gasteiger partial charge in [0.15, 0.2) is 11.6 Å². The van der Waals surface area contributed by atoms with Crippen molar-refractivity contribution in [2.75, 3.05) is 23.5 Å². The Labute approximate surface area is 224 Å². The average Bonchev–Trinajstić information content (AvgIpc) is 3.26. The second-order valence-electron chi connectivity index (χ2n) is 9.02. The first-order valence-corrected chi connectivity index (χ1v) is 12.4. The van der Waals surface area contributed by atoms with Crippen molar-refractivity contribution in [1.82, 2.24) is 4.98 Å². The lowest BCUT2D eigenvalue weighted by Gasteiger charge is -2.26. The van der Waals surface area contributed by atoms with E-state index in [1.54, 1.807) is 24.3 Å². The minimum absolute atomic E-state index is 0.0627. The molecule has 1 aliphatic rings. The van der Waals surface area contributed by atoms with Gasteiger partial charge >= 0.3 is 6.18 Å². The van der Waals surface area contributed by atoms with E-state index in [1.165, 1.54) is 18.3 Å². The van der Waals surface area contributed by atoms with E-state index in [4.69, 9.17) is 10.5 Å². The lowest BCUT2D eigenvalue weighted by Crippen LogP contribution is -2.37. The fourth-order valence-corrected chi connectivity index (χ4v) is 5.86. The molecule has 0 aliphatic carbocycles. The van der Waals surface area contributed by atoms with Crippen LogP contribution >= 0.6 is 11.8 Å². The van der Waals surface area contributed by atoms with Crippen molar-refractivity contribution in [2.24, 2.45) is 0 Å². The summed E-state index contributed by atoms with van der Waals surface area (Å²) in [7, 11) is 1.06. The zero-order valence-electron chi connectivity index (χ0n) is 20.6. The molecule has 1 aromatic heterocycles. The zero-order valence-corrected chi connectivity index (χ0v) is 21.4. The number of ether oxygens (including phenoxy) is 1. The van der Waals surface area contributed by atoms with Gasteiger partial charge in [-0.2, -0.15) is 17.6 Å². The molecular formula is C26H23F5N4O3S. The highest BCUT2D eigenvalue weighted by molar-refractivity contribution is 8.02. The number of carbonyl (C=O) groups is 2. The molecule has 0 radical (unpaired) electrons. The predicted octanol–water partition coefficient (Wildman–Crippen LogP) is 5.75. The molecule has 7 nitrogen and oxygen atoms in total. The Bertz CT molecular complexity index is 1420. The fraction of sp³-hybridized carbons (Fsp3) is 0.269. The summed E-state index contributed by atoms with van der Waals surface area (Å²) in [5.74, 6) is -5.78. The van der Waals surface area contributed by atoms with Gasteiger partial charge in [-0.25, -0.2) is 4.39 Å². The van der Waals surface area contributed by atoms with Gasteiger partial charge in [0.2, 0.25) is 11.7 Å². The van der Waals surface area contributed by atoms with Crippen molar-refractivity contribution in [2.45, 2.75) is 35.4 Å². The van der Waals surface area contributed by atoms with E-state index in [0.717, 1.165) is 26.2 Å². The van der Waals surface area contributed by atoms with Crippen LogP contribution in [0.4, 0.5) is 39.0 Å². The SMILES string of the molecule is COc1c([C@@H]2C[C@](C)(C(F)(F)F)S[C@H]2C(=O)Nc2ccnc(C(=O)Nc3ccccc3N)c2)ccc(F)c1F. The number of halogens is 5. The highest BCUT2D eigenvalue weighted by Gasteiger charge is 2.60. The number of hydrogen-bond donors (Lipinski definition) is 3. The van der Waals surface area contributed by atoms with Gasteiger partial charge in [-0.1, -0.05) is 18.2 Å². The van der Waals surface area contributed by atoms with Gasteiger partial charge in [0, 0.05) is 23.4 Å². The molecule has 0 spiro atoms. The molecule has 1 fully saturated rings. The zero-order chi connectivity index (χ0) is 28.5. The van der Waals surface area contributed by atoms with Crippen molar-refractivity contribution in [3.8, 4) is 5.75 Å². The van der Waals surface area contributed by atoms with E-state index in [2.05, 4.69) is 15.6 Å². The van der Waals surface area contributed by atoms with Gasteiger partial charge in [0.05, 0.1) is 23.7 Å². The molecule has 39 heavy (non-hydrogen) atoms. The number of rotatable bonds is 6. The van der Waals surface area contributed by atoms with Crippen LogP contribution in [0.15, 0.2) is 54.7 Å². The summed E-state index contributed by atoms with van der Waals surface area (Å²) in [4.78, 5) is 30.0. The number of nitrogen functional groups attached to an aromatic ring is 1. The van der Waals surface area contributed by atoms with Crippen LogP contribution in [0.2, 0.25) is 0 Å². The first-order chi connectivity index (χ1) is 18.3. The van der Waals surface area contributed by atoms with Gasteiger partial charge in [0.1, 0.15) is 10.4 Å². The summed E-state index contributed by atoms with van der Waals surface area (Å²) >= 11 is 0.376. The fourth-order valence-electron chi connectivity index (χ4n) is 4.32. The highest BCUT2D eigenvalue weighted by Crippen LogP contribution is 2.59. The first kappa shape index (κ1) is 28.1. The second kappa shape index (κ2) is 10.7. The molecule has 2 aromatic carbocycles. The Kier molecular flexibility index (Phi) is 7.73. The van der Waals surface area contributed by atoms with Crippen LogP contribution in [0.25, 0.3) is 0 Å². The molecular weight excluding hydrogens is 543 g/mol. The van der Waals surface area contributed by atoms with Gasteiger partial charge in [-0.15, -0.1) is 11.8 Å². The summed E-state index contributed by atoms with van der Waals surface area (Å²) in [5, 5.41) is 3.76. The molecule has 0 bridgehead atoms. The quantitative estimate of drug-likeness (QED) is 0.259. The molecule has 4 N–H and O–H groups in total. The molecule has 4 rings (SSSR count). The van der Waals surface area contributed by atoms with Crippen molar-refractivity contribution < 1.29 is 36.3 Å². The molecule has 1 aliphatic heterocycles. The average molecular weight is 567 g/mol. The first-order valence-electron chi connectivity index (χ1n) is 11.5. The minimum atomic E-state index is -4.70. The normalized spacial score (nSPS) is 20.9. The lowest BCUT2D eigenvalue weighted by molar-refractivity contribution is -0.155. The number of alkyl halides is 3. The maximum Gasteiger partial charge on any atom is 0.403 e. The Morgan fingerprint density at radius 2 is 1.85 bits per heavy atom. The third-order valence-electron chi connectivity index (χ3n) is 6.37. The summed E-state index contributed by atoms with van der Waals surface area (Å²) in [6.45, 7) is 0.953. The van der Waals surface area contributed by atoms with Crippen LogP contribution in [0.1, 0.15) is 35.3 Å². The molecule has 13 heteroatoms. The maximum atomic E-state index is 14.4. The maximum absolute atomic E-state index is 14.4. The summed E-state index contributed by atoms with van der Waals surface area (Å²) in [6, 6.07) is 11.0. The molecule has 206 valence electrons. The third-order valence-corrected chi connectivity index (χ3v) is 8.09. The number of pyridine rings is 1. The Morgan fingerprint density at radius 3 is 2.51 bits per heavy atom. The molecule has 3 aromatic rings. The number of carbonyl (C=O) groups excluding carboxylic acids is 2.